The number of anilines is 1. The highest BCUT2D eigenvalue weighted by atomic mass is 16.6. The zero-order valence-electron chi connectivity index (χ0n) is 59.6. The van der Waals surface area contributed by atoms with Gasteiger partial charge in [-0.1, -0.05) is 109 Å². The highest BCUT2D eigenvalue weighted by Crippen LogP contribution is 2.27. The van der Waals surface area contributed by atoms with Crippen molar-refractivity contribution in [2.75, 3.05) is 117 Å². The standard InChI is InChI=1S/C74H101N15O15/c1-5-76-72(102)85-71(75)79-33-12-19-60(68(99)81-46-52-23-31-58(90)32-24-52)84-70(101)66(55-17-10-7-11-18-55)56-27-29-57(30-28-56)77-35-14-36-78-67(98)59(20-13-34-80-73(103)104-74(2,3)4)83-69(100)61(45-51-21-25-54(26-22-51)53-15-8-6-9-16-53)82-62(91)47-86-37-39-87(48-63(92)93)41-43-89(50-65(96)97)44-42-88(40-38-86)49-64(94)95/h6-11,15-18,21-32,59-61,66,77,90H,5,12-14,19-20,33-50H2,1-4H3,(H,78,98)(H,80,103)(H,81,99)(H,82,91)(H,83,100)(H,84,101)(H,92,93)(H,94,95)(H,96,97)(H4,75,76,79,85,102)/t59-,60-,61-,66?/m1/s1. The molecule has 1 heterocycles. The molecule has 1 unspecified atom stereocenters. The number of aromatic hydroxyl groups is 1. The lowest BCUT2D eigenvalue weighted by Gasteiger charge is -2.33. The number of carboxylic acid groups (broad SMARTS) is 3. The zero-order valence-corrected chi connectivity index (χ0v) is 59.6. The number of hydrogen-bond donors (Lipinski definition) is 14. The molecule has 104 heavy (non-hydrogen) atoms. The molecule has 1 aliphatic rings. The molecule has 1 aliphatic heterocycles. The number of amides is 8. The predicted octanol–water partition coefficient (Wildman–Crippen LogP) is 3.32. The van der Waals surface area contributed by atoms with Crippen LogP contribution in [0.2, 0.25) is 0 Å². The molecule has 6 rings (SSSR count). The second-order valence-electron chi connectivity index (χ2n) is 26.2. The van der Waals surface area contributed by atoms with E-state index in [4.69, 9.17) is 10.5 Å². The van der Waals surface area contributed by atoms with Crippen LogP contribution >= 0.6 is 0 Å². The van der Waals surface area contributed by atoms with Gasteiger partial charge in [0.2, 0.25) is 29.5 Å². The summed E-state index contributed by atoms with van der Waals surface area (Å²) in [6.07, 6.45) is 0.508. The topological polar surface area (TPSA) is 420 Å². The Morgan fingerprint density at radius 2 is 0.962 bits per heavy atom. The van der Waals surface area contributed by atoms with E-state index in [-0.39, 0.29) is 142 Å². The van der Waals surface area contributed by atoms with Gasteiger partial charge in [-0.15, -0.1) is 0 Å². The first kappa shape index (κ1) is 82.3. The third kappa shape index (κ3) is 31.3. The van der Waals surface area contributed by atoms with E-state index < -0.39 is 89.2 Å². The van der Waals surface area contributed by atoms with E-state index in [0.29, 0.717) is 48.3 Å². The SMILES string of the molecule is CCNC(=O)/N=C(/N)NCCC[C@@H](NC(=O)C(c1ccccc1)c1ccc(NCCCNC(=O)[C@@H](CCCNC(=O)OC(C)(C)C)NC(=O)[C@@H](Cc2ccc(-c3ccccc3)cc2)NC(=O)CN2CCN(CC(=O)O)CCN(CC(=O)O)CCN(CC(=O)O)CC2)cc1)C(=O)NCc1ccc(O)cc1. The number of ether oxygens (including phenoxy) is 1. The summed E-state index contributed by atoms with van der Waals surface area (Å²) in [7, 11) is 0. The Morgan fingerprint density at radius 3 is 1.49 bits per heavy atom. The number of carbonyl (C=O) groups is 10. The van der Waals surface area contributed by atoms with E-state index in [9.17, 15) is 68.4 Å². The molecular formula is C74H101N15O15. The van der Waals surface area contributed by atoms with Gasteiger partial charge in [-0.2, -0.15) is 4.99 Å². The molecule has 15 N–H and O–H groups in total. The average molecular weight is 1440 g/mol. The number of aliphatic imine (C=N–C) groups is 1. The molecule has 0 saturated carbocycles. The fourth-order valence-corrected chi connectivity index (χ4v) is 11.4. The van der Waals surface area contributed by atoms with Gasteiger partial charge in [0.25, 0.3) is 0 Å². The summed E-state index contributed by atoms with van der Waals surface area (Å²) in [5.74, 6) is -6.91. The molecule has 0 aliphatic carbocycles. The molecule has 5 aromatic carbocycles. The van der Waals surface area contributed by atoms with Crippen LogP contribution in [0.1, 0.15) is 88.0 Å². The fraction of sp³-hybridized carbons (Fsp3) is 0.446. The summed E-state index contributed by atoms with van der Waals surface area (Å²) in [6, 6.07) is 35.8. The third-order valence-electron chi connectivity index (χ3n) is 16.7. The van der Waals surface area contributed by atoms with Crippen LogP contribution in [0.25, 0.3) is 11.1 Å². The highest BCUT2D eigenvalue weighted by molar-refractivity contribution is 5.94. The van der Waals surface area contributed by atoms with Gasteiger partial charge in [-0.05, 0) is 117 Å². The first-order valence-electron chi connectivity index (χ1n) is 34.9. The molecule has 0 bridgehead atoms. The molecule has 1 fully saturated rings. The second-order valence-corrected chi connectivity index (χ2v) is 26.2. The van der Waals surface area contributed by atoms with Gasteiger partial charge in [-0.3, -0.25) is 58.0 Å². The minimum absolute atomic E-state index is 0.0158. The van der Waals surface area contributed by atoms with Crippen LogP contribution in [0.3, 0.4) is 0 Å². The van der Waals surface area contributed by atoms with E-state index in [0.717, 1.165) is 16.7 Å². The highest BCUT2D eigenvalue weighted by Gasteiger charge is 2.31. The minimum atomic E-state index is -1.26. The number of carboxylic acids is 3. The fourth-order valence-electron chi connectivity index (χ4n) is 11.4. The second kappa shape index (κ2) is 43.3. The van der Waals surface area contributed by atoms with Crippen LogP contribution in [0.15, 0.2) is 138 Å². The van der Waals surface area contributed by atoms with E-state index >= 15 is 0 Å². The number of rotatable bonds is 36. The molecule has 30 nitrogen and oxygen atoms in total. The van der Waals surface area contributed by atoms with E-state index in [1.54, 1.807) is 71.6 Å². The Labute approximate surface area is 606 Å². The van der Waals surface area contributed by atoms with Crippen molar-refractivity contribution in [3.05, 3.63) is 156 Å². The predicted molar refractivity (Wildman–Crippen MR) is 392 cm³/mol. The summed E-state index contributed by atoms with van der Waals surface area (Å²) in [5.41, 5.74) is 10.4. The van der Waals surface area contributed by atoms with Gasteiger partial charge >= 0.3 is 30.0 Å². The quantitative estimate of drug-likeness (QED) is 0.0155. The van der Waals surface area contributed by atoms with Gasteiger partial charge in [0.15, 0.2) is 5.96 Å². The van der Waals surface area contributed by atoms with Gasteiger partial charge < -0.3 is 78.7 Å². The first-order chi connectivity index (χ1) is 49.8. The smallest absolute Gasteiger partial charge is 0.407 e. The molecule has 0 aromatic heterocycles. The van der Waals surface area contributed by atoms with Crippen molar-refractivity contribution in [1.29, 1.82) is 0 Å². The number of alkyl carbamates (subject to hydrolysis) is 1. The summed E-state index contributed by atoms with van der Waals surface area (Å²) in [5, 5.41) is 65.1. The van der Waals surface area contributed by atoms with Gasteiger partial charge in [0, 0.05) is 104 Å². The zero-order chi connectivity index (χ0) is 75.4. The lowest BCUT2D eigenvalue weighted by atomic mass is 9.90. The molecule has 30 heteroatoms. The lowest BCUT2D eigenvalue weighted by molar-refractivity contribution is -0.140. The van der Waals surface area contributed by atoms with Crippen molar-refractivity contribution < 1.29 is 73.1 Å². The molecular weight excluding hydrogens is 1340 g/mol. The van der Waals surface area contributed by atoms with Crippen LogP contribution < -0.4 is 53.6 Å². The number of phenols is 1. The molecule has 5 aromatic rings. The number of aliphatic carboxylic acids is 3. The Morgan fingerprint density at radius 1 is 0.490 bits per heavy atom. The van der Waals surface area contributed by atoms with Crippen molar-refractivity contribution in [2.45, 2.75) is 102 Å². The van der Waals surface area contributed by atoms with Crippen LogP contribution in [0.4, 0.5) is 15.3 Å². The normalized spacial score (nSPS) is 14.8. The Hall–Kier alpha value is -10.7. The summed E-state index contributed by atoms with van der Waals surface area (Å²) in [4.78, 5) is 143. The van der Waals surface area contributed by atoms with Crippen molar-refractivity contribution in [2.24, 2.45) is 10.7 Å². The summed E-state index contributed by atoms with van der Waals surface area (Å²) >= 11 is 0. The largest absolute Gasteiger partial charge is 0.508 e. The van der Waals surface area contributed by atoms with Crippen molar-refractivity contribution in [3.63, 3.8) is 0 Å². The molecule has 4 atom stereocenters. The van der Waals surface area contributed by atoms with E-state index in [1.807, 2.05) is 97.1 Å². The maximum absolute atomic E-state index is 14.8. The number of nitrogens with one attached hydrogen (secondary N) is 9. The Balaban J connectivity index is 1.16. The molecule has 0 radical (unpaired) electrons. The Bertz CT molecular complexity index is 3570. The van der Waals surface area contributed by atoms with Gasteiger partial charge in [0.1, 0.15) is 29.5 Å². The lowest BCUT2D eigenvalue weighted by Crippen LogP contribution is -2.56. The van der Waals surface area contributed by atoms with E-state index in [1.165, 1.54) is 12.1 Å². The molecule has 8 amide bonds. The number of hydrogen-bond acceptors (Lipinski definition) is 17. The van der Waals surface area contributed by atoms with Crippen LogP contribution in [0, 0.1) is 0 Å². The van der Waals surface area contributed by atoms with Crippen LogP contribution in [0.5, 0.6) is 5.75 Å². The number of benzene rings is 5. The minimum Gasteiger partial charge on any atom is -0.508 e. The molecule has 0 spiro atoms. The van der Waals surface area contributed by atoms with Gasteiger partial charge in [0.05, 0.1) is 32.1 Å². The summed E-state index contributed by atoms with van der Waals surface area (Å²) in [6.45, 7) is 8.16. The van der Waals surface area contributed by atoms with E-state index in [2.05, 4.69) is 52.8 Å². The molecule has 562 valence electrons. The number of phenolic OH excluding ortho intramolecular Hbond substituents is 1. The maximum Gasteiger partial charge on any atom is 0.407 e. The first-order valence-corrected chi connectivity index (χ1v) is 34.9. The van der Waals surface area contributed by atoms with Crippen LogP contribution in [-0.2, 0) is 56.1 Å². The van der Waals surface area contributed by atoms with Gasteiger partial charge in [-0.25, -0.2) is 9.59 Å². The maximum atomic E-state index is 14.8. The Kier molecular flexibility index (Phi) is 34.3. The van der Waals surface area contributed by atoms with Crippen molar-refractivity contribution in [1.82, 2.24) is 62.1 Å². The van der Waals surface area contributed by atoms with Crippen LogP contribution in [-0.4, -0.2) is 241 Å². The molecule has 1 saturated heterocycles. The number of nitrogens with zero attached hydrogens (tertiary/aromatic N) is 5. The number of urea groups is 1. The summed E-state index contributed by atoms with van der Waals surface area (Å²) < 4.78 is 5.41. The monoisotopic (exact) mass is 1440 g/mol. The number of nitrogens with two attached hydrogens (primary N) is 1. The van der Waals surface area contributed by atoms with Crippen molar-refractivity contribution >= 4 is 71.2 Å². The number of guanidine groups is 1. The third-order valence-corrected chi connectivity index (χ3v) is 16.7. The van der Waals surface area contributed by atoms with Crippen molar-refractivity contribution in [3.8, 4) is 16.9 Å². The average Bonchev–Trinajstić information content (AvgIpc) is 0.830. The number of carbonyl (C=O) groups excluding carboxylic acids is 7.